The van der Waals surface area contributed by atoms with E-state index in [1.54, 1.807) is 0 Å². The van der Waals surface area contributed by atoms with E-state index < -0.39 is 0 Å². The van der Waals surface area contributed by atoms with Crippen molar-refractivity contribution in [2.75, 3.05) is 26.7 Å². The molecule has 2 N–H and O–H groups in total. The number of rotatable bonds is 3. The molecule has 0 aromatic heterocycles. The third kappa shape index (κ3) is 2.31. The highest BCUT2D eigenvalue weighted by atomic mass is 15.2. The number of hydrogen-bond donors (Lipinski definition) is 1. The second kappa shape index (κ2) is 4.94. The van der Waals surface area contributed by atoms with Crippen molar-refractivity contribution in [2.45, 2.75) is 0 Å². The molecular formula is C13H17N3. The van der Waals surface area contributed by atoms with Gasteiger partial charge in [0, 0.05) is 25.7 Å². The highest BCUT2D eigenvalue weighted by Gasteiger charge is 2.13. The molecule has 3 heteroatoms. The normalized spacial score (nSPS) is 15.9. The quantitative estimate of drug-likeness (QED) is 0.827. The van der Waals surface area contributed by atoms with Gasteiger partial charge in [-0.3, -0.25) is 4.99 Å². The Hall–Kier alpha value is -1.61. The third-order valence-electron chi connectivity index (χ3n) is 2.67. The minimum Gasteiger partial charge on any atom is -0.358 e. The smallest absolute Gasteiger partial charge is 0.130 e. The minimum absolute atomic E-state index is 0.581. The predicted octanol–water partition coefficient (Wildman–Crippen LogP) is 1.35. The van der Waals surface area contributed by atoms with Crippen molar-refractivity contribution in [1.29, 1.82) is 0 Å². The number of amidine groups is 1. The fourth-order valence-electron chi connectivity index (χ4n) is 1.79. The zero-order valence-corrected chi connectivity index (χ0v) is 9.56. The summed E-state index contributed by atoms with van der Waals surface area (Å²) in [6.07, 6.45) is 3.98. The van der Waals surface area contributed by atoms with Gasteiger partial charge in [0.25, 0.3) is 0 Å². The molecule has 0 aliphatic carbocycles. The average Bonchev–Trinajstić information content (AvgIpc) is 2.74. The Morgan fingerprint density at radius 3 is 2.69 bits per heavy atom. The Kier molecular flexibility index (Phi) is 3.37. The van der Waals surface area contributed by atoms with Crippen molar-refractivity contribution in [2.24, 2.45) is 10.7 Å². The van der Waals surface area contributed by atoms with E-state index in [0.29, 0.717) is 6.54 Å². The van der Waals surface area contributed by atoms with Crippen LogP contribution in [0.3, 0.4) is 0 Å². The molecule has 1 aliphatic rings. The molecule has 0 saturated heterocycles. The van der Waals surface area contributed by atoms with E-state index in [1.165, 1.54) is 11.1 Å². The monoisotopic (exact) mass is 215 g/mol. The van der Waals surface area contributed by atoms with Crippen LogP contribution in [-0.2, 0) is 0 Å². The van der Waals surface area contributed by atoms with Crippen LogP contribution in [-0.4, -0.2) is 37.4 Å². The van der Waals surface area contributed by atoms with Gasteiger partial charge in [-0.25, -0.2) is 0 Å². The number of nitrogens with two attached hydrogens (primary N) is 1. The fraction of sp³-hybridized carbons (Fsp3) is 0.308. The molecule has 0 saturated carbocycles. The van der Waals surface area contributed by atoms with Crippen molar-refractivity contribution in [1.82, 2.24) is 4.90 Å². The van der Waals surface area contributed by atoms with Crippen LogP contribution in [0.15, 0.2) is 35.3 Å². The second-order valence-corrected chi connectivity index (χ2v) is 3.89. The van der Waals surface area contributed by atoms with Crippen molar-refractivity contribution in [3.05, 3.63) is 41.5 Å². The molecule has 0 atom stereocenters. The lowest BCUT2D eigenvalue weighted by Crippen LogP contribution is -2.23. The van der Waals surface area contributed by atoms with Gasteiger partial charge in [-0.1, -0.05) is 36.4 Å². The summed E-state index contributed by atoms with van der Waals surface area (Å²) >= 11 is 0. The van der Waals surface area contributed by atoms with Gasteiger partial charge in [-0.15, -0.1) is 0 Å². The van der Waals surface area contributed by atoms with Crippen LogP contribution >= 0.6 is 0 Å². The SMILES string of the molecule is CN1CCN=C1c1ccc(/C=C/CN)cc1. The summed E-state index contributed by atoms with van der Waals surface area (Å²) in [5.74, 6) is 1.09. The van der Waals surface area contributed by atoms with E-state index in [2.05, 4.69) is 41.2 Å². The lowest BCUT2D eigenvalue weighted by molar-refractivity contribution is 0.557. The van der Waals surface area contributed by atoms with E-state index in [-0.39, 0.29) is 0 Å². The molecule has 16 heavy (non-hydrogen) atoms. The van der Waals surface area contributed by atoms with Crippen molar-refractivity contribution in [3.8, 4) is 0 Å². The molecule has 0 spiro atoms. The summed E-state index contributed by atoms with van der Waals surface area (Å²) in [4.78, 5) is 6.67. The molecule has 1 aromatic carbocycles. The molecule has 1 aromatic rings. The lowest BCUT2D eigenvalue weighted by atomic mass is 10.1. The standard InChI is InChI=1S/C13H17N3/c1-16-10-9-15-13(16)12-6-4-11(5-7-12)3-2-8-14/h2-7H,8-10,14H2,1H3/b3-2+. The Morgan fingerprint density at radius 2 is 2.12 bits per heavy atom. The molecule has 0 unspecified atom stereocenters. The molecule has 1 heterocycles. The summed E-state index contributed by atoms with van der Waals surface area (Å²) < 4.78 is 0. The molecule has 84 valence electrons. The third-order valence-corrected chi connectivity index (χ3v) is 2.67. The Labute approximate surface area is 96.3 Å². The van der Waals surface area contributed by atoms with Crippen LogP contribution in [0.5, 0.6) is 0 Å². The van der Waals surface area contributed by atoms with E-state index in [1.807, 2.05) is 12.2 Å². The van der Waals surface area contributed by atoms with Gasteiger partial charge in [0.1, 0.15) is 5.84 Å². The molecule has 0 radical (unpaired) electrons. The number of benzene rings is 1. The van der Waals surface area contributed by atoms with Gasteiger partial charge in [0.2, 0.25) is 0 Å². The Balaban J connectivity index is 2.16. The largest absolute Gasteiger partial charge is 0.358 e. The summed E-state index contributed by atoms with van der Waals surface area (Å²) in [7, 11) is 2.08. The number of likely N-dealkylation sites (N-methyl/N-ethyl adjacent to an activating group) is 1. The second-order valence-electron chi connectivity index (χ2n) is 3.89. The molecule has 0 bridgehead atoms. The number of aliphatic imine (C=N–C) groups is 1. The zero-order chi connectivity index (χ0) is 11.4. The number of nitrogens with zero attached hydrogens (tertiary/aromatic N) is 2. The first kappa shape index (κ1) is 10.9. The number of hydrogen-bond acceptors (Lipinski definition) is 3. The van der Waals surface area contributed by atoms with Crippen LogP contribution in [0.1, 0.15) is 11.1 Å². The van der Waals surface area contributed by atoms with Gasteiger partial charge >= 0.3 is 0 Å². The highest BCUT2D eigenvalue weighted by molar-refractivity contribution is 5.99. The van der Waals surface area contributed by atoms with Gasteiger partial charge in [0.15, 0.2) is 0 Å². The van der Waals surface area contributed by atoms with Crippen molar-refractivity contribution in [3.63, 3.8) is 0 Å². The van der Waals surface area contributed by atoms with E-state index in [4.69, 9.17) is 5.73 Å². The fourth-order valence-corrected chi connectivity index (χ4v) is 1.79. The van der Waals surface area contributed by atoms with Crippen LogP contribution in [0.4, 0.5) is 0 Å². The summed E-state index contributed by atoms with van der Waals surface area (Å²) in [6.45, 7) is 2.50. The van der Waals surface area contributed by atoms with Gasteiger partial charge < -0.3 is 10.6 Å². The molecule has 3 nitrogen and oxygen atoms in total. The maximum absolute atomic E-state index is 5.41. The van der Waals surface area contributed by atoms with E-state index in [0.717, 1.165) is 18.9 Å². The van der Waals surface area contributed by atoms with Gasteiger partial charge in [-0.2, -0.15) is 0 Å². The summed E-state index contributed by atoms with van der Waals surface area (Å²) in [6, 6.07) is 8.40. The lowest BCUT2D eigenvalue weighted by Gasteiger charge is -2.13. The van der Waals surface area contributed by atoms with Crippen molar-refractivity contribution < 1.29 is 0 Å². The Bertz CT molecular complexity index is 404. The maximum atomic E-state index is 5.41. The van der Waals surface area contributed by atoms with E-state index in [9.17, 15) is 0 Å². The maximum Gasteiger partial charge on any atom is 0.130 e. The average molecular weight is 215 g/mol. The van der Waals surface area contributed by atoms with Gasteiger partial charge in [0.05, 0.1) is 6.54 Å². The van der Waals surface area contributed by atoms with Crippen molar-refractivity contribution >= 4 is 11.9 Å². The van der Waals surface area contributed by atoms with Crippen LogP contribution in [0.2, 0.25) is 0 Å². The molecule has 0 fully saturated rings. The predicted molar refractivity (Wildman–Crippen MR) is 68.6 cm³/mol. The van der Waals surface area contributed by atoms with Crippen LogP contribution in [0.25, 0.3) is 6.08 Å². The van der Waals surface area contributed by atoms with Gasteiger partial charge in [-0.05, 0) is 5.56 Å². The zero-order valence-electron chi connectivity index (χ0n) is 9.56. The molecule has 0 amide bonds. The molecule has 2 rings (SSSR count). The molecular weight excluding hydrogens is 198 g/mol. The Morgan fingerprint density at radius 1 is 1.38 bits per heavy atom. The van der Waals surface area contributed by atoms with Crippen LogP contribution in [0, 0.1) is 0 Å². The summed E-state index contributed by atoms with van der Waals surface area (Å²) in [5, 5.41) is 0. The molecule has 1 aliphatic heterocycles. The topological polar surface area (TPSA) is 41.6 Å². The van der Waals surface area contributed by atoms with E-state index >= 15 is 0 Å². The first-order valence-corrected chi connectivity index (χ1v) is 5.54. The summed E-state index contributed by atoms with van der Waals surface area (Å²) in [5.41, 5.74) is 7.77. The first-order valence-electron chi connectivity index (χ1n) is 5.54. The minimum atomic E-state index is 0.581. The van der Waals surface area contributed by atoms with Crippen LogP contribution < -0.4 is 5.73 Å². The highest BCUT2D eigenvalue weighted by Crippen LogP contribution is 2.11. The first-order chi connectivity index (χ1) is 7.81.